The highest BCUT2D eigenvalue weighted by atomic mass is 14.7. The van der Waals surface area contributed by atoms with Crippen LogP contribution in [0.1, 0.15) is 0 Å². The lowest BCUT2D eigenvalue weighted by atomic mass is 9.85. The molecule has 0 saturated heterocycles. The van der Waals surface area contributed by atoms with E-state index in [-0.39, 0.29) is 0 Å². The molecule has 0 aliphatic rings. The van der Waals surface area contributed by atoms with Crippen LogP contribution in [0.5, 0.6) is 0 Å². The first-order chi connectivity index (χ1) is 69.5. The van der Waals surface area contributed by atoms with Crippen LogP contribution in [0.4, 0.5) is 0 Å². The van der Waals surface area contributed by atoms with Gasteiger partial charge in [0.1, 0.15) is 0 Å². The number of aromatic nitrogens is 12. The van der Waals surface area contributed by atoms with E-state index in [1.807, 2.05) is 214 Å². The van der Waals surface area contributed by atoms with Gasteiger partial charge in [-0.05, 0) is 304 Å². The van der Waals surface area contributed by atoms with Gasteiger partial charge in [0.25, 0.3) is 0 Å². The molecule has 0 N–H and O–H groups in total. The molecule has 0 radical (unpaired) electrons. The lowest BCUT2D eigenvalue weighted by Gasteiger charge is -2.19. The SMILES string of the molecule is c1ccc(-c2cc(-c3ccccn3)c3ccc4c(-c5cccnc5)ccc5ccc2c3c54)nc1.c1ccc(-c2cc(-c3ccccn3)c3ccc4c(-c5cnc6ccccc6c5)ccc5ccc2c3c54)nc1.c1ccc(-c2ccc3ccc4c(-c5ccccn5)cc(-c5ccccn5)c5ccc2c3c45)nc1.c1ccc(-c2ccc3ccc4c(-c5cccnc5)cc(-c5ccccn5)c5ccc2c3c45)nc1. The molecule has 29 rings (SSSR count). The Morgan fingerprint density at radius 1 is 0.121 bits per heavy atom. The molecule has 0 atom stereocenters. The molecule has 12 heterocycles. The molecule has 0 unspecified atom stereocenters. The fourth-order valence-electron chi connectivity index (χ4n) is 21.2. The Kier molecular flexibility index (Phi) is 20.3. The van der Waals surface area contributed by atoms with Gasteiger partial charge in [-0.15, -0.1) is 0 Å². The molecule has 650 valence electrons. The Balaban J connectivity index is 0.0000000961. The van der Waals surface area contributed by atoms with Crippen molar-refractivity contribution < 1.29 is 0 Å². The largest absolute Gasteiger partial charge is 0.264 e. The number of nitrogens with zero attached hydrogens (tertiary/aromatic N) is 12. The van der Waals surface area contributed by atoms with Crippen molar-refractivity contribution in [2.45, 2.75) is 0 Å². The molecule has 140 heavy (non-hydrogen) atoms. The first kappa shape index (κ1) is 81.7. The van der Waals surface area contributed by atoms with Crippen molar-refractivity contribution in [2.75, 3.05) is 0 Å². The maximum Gasteiger partial charge on any atom is 0.0708 e. The van der Waals surface area contributed by atoms with E-state index >= 15 is 0 Å². The van der Waals surface area contributed by atoms with Crippen LogP contribution in [0.25, 0.3) is 275 Å². The normalized spacial score (nSPS) is 11.6. The average Bonchev–Trinajstić information content (AvgIpc) is 0.730. The summed E-state index contributed by atoms with van der Waals surface area (Å²) in [6.07, 6.45) is 26.2. The number of fused-ring (bicyclic) bond motifs is 1. The molecule has 17 aromatic carbocycles. The summed E-state index contributed by atoms with van der Waals surface area (Å²) in [6.45, 7) is 0. The topological polar surface area (TPSA) is 155 Å². The van der Waals surface area contributed by atoms with E-state index in [9.17, 15) is 0 Å². The monoisotopic (exact) mass is 1780 g/mol. The molecule has 12 nitrogen and oxygen atoms in total. The molecule has 29 aromatic rings. The summed E-state index contributed by atoms with van der Waals surface area (Å²) < 4.78 is 0. The maximum absolute atomic E-state index is 4.76. The van der Waals surface area contributed by atoms with Crippen molar-refractivity contribution in [3.8, 4) is 135 Å². The van der Waals surface area contributed by atoms with Crippen molar-refractivity contribution >= 4 is 140 Å². The van der Waals surface area contributed by atoms with Crippen LogP contribution in [-0.2, 0) is 0 Å². The predicted molar refractivity (Wildman–Crippen MR) is 577 cm³/mol. The predicted octanol–water partition coefficient (Wildman–Crippen LogP) is 32.2. The van der Waals surface area contributed by atoms with Crippen molar-refractivity contribution in [3.63, 3.8) is 0 Å². The van der Waals surface area contributed by atoms with Gasteiger partial charge in [-0.25, -0.2) is 0 Å². The molecule has 0 aliphatic heterocycles. The van der Waals surface area contributed by atoms with Crippen molar-refractivity contribution in [1.82, 2.24) is 59.8 Å². The van der Waals surface area contributed by atoms with Crippen LogP contribution < -0.4 is 0 Å². The number of benzene rings is 17. The summed E-state index contributed by atoms with van der Waals surface area (Å²) in [7, 11) is 0. The van der Waals surface area contributed by atoms with Crippen LogP contribution >= 0.6 is 0 Å². The van der Waals surface area contributed by atoms with Gasteiger partial charge in [0.2, 0.25) is 0 Å². The highest BCUT2D eigenvalue weighted by Gasteiger charge is 2.26. The number of hydrogen-bond acceptors (Lipinski definition) is 12. The number of hydrogen-bond donors (Lipinski definition) is 0. The minimum absolute atomic E-state index is 0.960. The summed E-state index contributed by atoms with van der Waals surface area (Å²) >= 11 is 0. The molecule has 0 bridgehead atoms. The fraction of sp³-hybridized carbons (Fsp3) is 0. The summed E-state index contributed by atoms with van der Waals surface area (Å²) in [5.41, 5.74) is 26.7. The molecule has 12 aromatic heterocycles. The van der Waals surface area contributed by atoms with E-state index in [2.05, 4.69) is 281 Å². The van der Waals surface area contributed by atoms with E-state index in [0.29, 0.717) is 0 Å². The van der Waals surface area contributed by atoms with Gasteiger partial charge in [0, 0.05) is 159 Å². The summed E-state index contributed by atoms with van der Waals surface area (Å²) in [4.78, 5) is 55.8. The summed E-state index contributed by atoms with van der Waals surface area (Å²) in [5, 5.41) is 30.6. The Labute approximate surface area is 804 Å². The molecule has 0 fully saturated rings. The van der Waals surface area contributed by atoms with Gasteiger partial charge in [0.05, 0.1) is 56.8 Å². The van der Waals surface area contributed by atoms with Gasteiger partial charge in [-0.1, -0.05) is 231 Å². The second-order valence-corrected chi connectivity index (χ2v) is 35.2. The Hall–Kier alpha value is -19.0. The van der Waals surface area contributed by atoms with E-state index in [4.69, 9.17) is 39.9 Å². The van der Waals surface area contributed by atoms with E-state index in [1.54, 1.807) is 0 Å². The van der Waals surface area contributed by atoms with Crippen LogP contribution in [0.15, 0.2) is 475 Å². The van der Waals surface area contributed by atoms with Crippen molar-refractivity contribution in [1.29, 1.82) is 0 Å². The van der Waals surface area contributed by atoms with Gasteiger partial charge in [-0.2, -0.15) is 0 Å². The van der Waals surface area contributed by atoms with E-state index < -0.39 is 0 Å². The number of rotatable bonds is 12. The smallest absolute Gasteiger partial charge is 0.0708 e. The van der Waals surface area contributed by atoms with Gasteiger partial charge >= 0.3 is 0 Å². The van der Waals surface area contributed by atoms with Crippen LogP contribution in [0, 0.1) is 0 Å². The average molecular weight is 1780 g/mol. The van der Waals surface area contributed by atoms with Crippen LogP contribution in [0.3, 0.4) is 0 Å². The molecule has 0 aliphatic carbocycles. The second-order valence-electron chi connectivity index (χ2n) is 35.2. The molecule has 0 spiro atoms. The molecular formula is C128H78N12. The van der Waals surface area contributed by atoms with E-state index in [0.717, 1.165) is 129 Å². The highest BCUT2D eigenvalue weighted by Crippen LogP contribution is 2.52. The van der Waals surface area contributed by atoms with E-state index in [1.165, 1.54) is 146 Å². The third-order valence-electron chi connectivity index (χ3n) is 27.4. The first-order valence-electron chi connectivity index (χ1n) is 46.9. The summed E-state index contributed by atoms with van der Waals surface area (Å²) in [6, 6.07) is 136. The molecule has 0 amide bonds. The Morgan fingerprint density at radius 2 is 0.350 bits per heavy atom. The zero-order valence-electron chi connectivity index (χ0n) is 75.4. The van der Waals surface area contributed by atoms with Gasteiger partial charge < -0.3 is 0 Å². The molecule has 12 heteroatoms. The first-order valence-corrected chi connectivity index (χ1v) is 46.9. The number of para-hydroxylation sites is 1. The Bertz CT molecular complexity index is 8810. The summed E-state index contributed by atoms with van der Waals surface area (Å²) in [5.74, 6) is 0. The second kappa shape index (κ2) is 34.8. The number of pyridine rings is 12. The van der Waals surface area contributed by atoms with Crippen LogP contribution in [0.2, 0.25) is 0 Å². The van der Waals surface area contributed by atoms with Crippen molar-refractivity contribution in [3.05, 3.63) is 475 Å². The van der Waals surface area contributed by atoms with Crippen LogP contribution in [-0.4, -0.2) is 59.8 Å². The zero-order valence-corrected chi connectivity index (χ0v) is 75.4. The minimum Gasteiger partial charge on any atom is -0.264 e. The fourth-order valence-corrected chi connectivity index (χ4v) is 21.2. The minimum atomic E-state index is 0.960. The standard InChI is InChI=1S/C35H21N3.3C31H19N3/c1-2-8-31-23(7-1)19-24(21-38-31)25-13-11-22-12-14-27-29(32-9-3-5-17-36-32)20-30(33-10-4-6-18-37-33)28-16-15-26(25)34(22)35(27)28;1-4-16-32-27(7-1)21-12-10-20-11-13-23-25(28-8-2-5-17-33-28)19-26(29-9-3-6-18-34-29)24-15-14-22(21)30(20)31(23)24;1-3-16-33-28(7-1)22-11-9-20-10-12-24-26(21-6-5-15-32-19-21)18-27(29-8-2-4-17-34-29)25-14-13-23(22)30(20)31(24)25;1-3-16-33-28(7-1)26-18-27(29-8-2-4-17-34-29)25-14-13-23-22(21-6-5-15-32-19-21)11-9-20-10-12-24(26)31(25)30(20)23/h1-21H;3*1-19H. The maximum atomic E-state index is 4.76. The highest BCUT2D eigenvalue weighted by molar-refractivity contribution is 6.34. The molecule has 0 saturated carbocycles. The van der Waals surface area contributed by atoms with Crippen molar-refractivity contribution in [2.24, 2.45) is 0 Å². The van der Waals surface area contributed by atoms with Gasteiger partial charge in [0.15, 0.2) is 0 Å². The lowest BCUT2D eigenvalue weighted by molar-refractivity contribution is 1.32. The Morgan fingerprint density at radius 3 is 0.636 bits per heavy atom. The molecular weight excluding hydrogens is 1710 g/mol. The third-order valence-corrected chi connectivity index (χ3v) is 27.4. The zero-order chi connectivity index (χ0) is 92.5. The quantitative estimate of drug-likeness (QED) is 0.107. The third kappa shape index (κ3) is 14.2. The van der Waals surface area contributed by atoms with Gasteiger partial charge in [-0.3, -0.25) is 59.8 Å². The lowest BCUT2D eigenvalue weighted by Crippen LogP contribution is -1.94.